The minimum Gasteiger partial charge on any atom is -0.456 e. The molecular weight excluding hydrogens is 422 g/mol. The van der Waals surface area contributed by atoms with E-state index in [4.69, 9.17) is 31.5 Å². The highest BCUT2D eigenvalue weighted by atomic mass is 79.9. The number of imidazole rings is 1. The zero-order chi connectivity index (χ0) is 18.1. The molecule has 1 aliphatic rings. The lowest BCUT2D eigenvalue weighted by molar-refractivity contribution is -0.152. The van der Waals surface area contributed by atoms with E-state index < -0.39 is 29.2 Å². The fourth-order valence-corrected chi connectivity index (χ4v) is 3.36. The molecule has 0 aromatic carbocycles. The number of hydrogen-bond acceptors (Lipinski definition) is 9. The lowest BCUT2D eigenvalue weighted by Crippen LogP contribution is -2.32. The summed E-state index contributed by atoms with van der Waals surface area (Å²) in [5.41, 5.74) is 6.54. The number of carbonyl (C=O) groups excluding carboxylic acids is 1. The third kappa shape index (κ3) is 3.36. The monoisotopic (exact) mass is 435 g/mol. The number of alkyl halides is 2. The molecule has 0 amide bonds. The predicted molar refractivity (Wildman–Crippen MR) is 90.3 cm³/mol. The average Bonchev–Trinajstić information content (AvgIpc) is 3.10. The van der Waals surface area contributed by atoms with Crippen LogP contribution in [0.2, 0.25) is 0 Å². The summed E-state index contributed by atoms with van der Waals surface area (Å²) in [5, 5.41) is 9.47. The van der Waals surface area contributed by atoms with Crippen LogP contribution in [0.4, 0.5) is 5.82 Å². The molecule has 0 aliphatic carbocycles. The molecular formula is C13H15BrClN5O5. The first-order valence-electron chi connectivity index (χ1n) is 7.22. The average molecular weight is 437 g/mol. The maximum Gasteiger partial charge on any atom is 0.321 e. The van der Waals surface area contributed by atoms with E-state index in [-0.39, 0.29) is 24.5 Å². The van der Waals surface area contributed by atoms with Gasteiger partial charge in [-0.05, 0) is 0 Å². The zero-order valence-corrected chi connectivity index (χ0v) is 15.3. The molecule has 0 radical (unpaired) electrons. The number of nitrogen functional groups attached to an aromatic ring is 1. The molecule has 0 bridgehead atoms. The van der Waals surface area contributed by atoms with Gasteiger partial charge in [-0.25, -0.2) is 4.98 Å². The first-order chi connectivity index (χ1) is 12.0. The number of hydrogen-bond donors (Lipinski definition) is 2. The molecule has 25 heavy (non-hydrogen) atoms. The molecule has 10 nitrogen and oxygen atoms in total. The fourth-order valence-electron chi connectivity index (χ4n) is 2.60. The Kier molecular flexibility index (Phi) is 5.27. The van der Waals surface area contributed by atoms with Crippen LogP contribution in [0.15, 0.2) is 6.33 Å². The van der Waals surface area contributed by atoms with Crippen molar-refractivity contribution in [1.29, 1.82) is 0 Å². The van der Waals surface area contributed by atoms with Crippen LogP contribution in [0.1, 0.15) is 13.2 Å². The maximum atomic E-state index is 11.4. The number of nitrogens with zero attached hydrogens (tertiary/aromatic N) is 4. The summed E-state index contributed by atoms with van der Waals surface area (Å²) in [7, 11) is 0. The van der Waals surface area contributed by atoms with Gasteiger partial charge in [-0.1, -0.05) is 27.5 Å². The van der Waals surface area contributed by atoms with Crippen molar-refractivity contribution < 1.29 is 24.1 Å². The number of aliphatic hydroxyl groups is 1. The van der Waals surface area contributed by atoms with Gasteiger partial charge in [0.15, 0.2) is 35.4 Å². The van der Waals surface area contributed by atoms with Crippen molar-refractivity contribution in [2.75, 3.05) is 18.4 Å². The minimum atomic E-state index is -0.770. The summed E-state index contributed by atoms with van der Waals surface area (Å²) in [6, 6.07) is -0.164. The van der Waals surface area contributed by atoms with E-state index in [1.54, 1.807) is 4.57 Å². The van der Waals surface area contributed by atoms with Crippen LogP contribution in [0.25, 0.3) is 11.2 Å². The predicted octanol–water partition coefficient (Wildman–Crippen LogP) is 0.569. The first-order valence-corrected chi connectivity index (χ1v) is 8.67. The number of rotatable bonds is 5. The largest absolute Gasteiger partial charge is 0.456 e. The van der Waals surface area contributed by atoms with E-state index >= 15 is 0 Å². The summed E-state index contributed by atoms with van der Waals surface area (Å²) in [6.45, 7) is 1.04. The number of aliphatic hydroxyl groups excluding tert-OH is 1. The van der Waals surface area contributed by atoms with Gasteiger partial charge in [0.05, 0.1) is 23.9 Å². The number of esters is 1. The highest BCUT2D eigenvalue weighted by molar-refractivity contribution is 9.09. The minimum absolute atomic E-state index is 0.0158. The summed E-state index contributed by atoms with van der Waals surface area (Å²) in [4.78, 5) is 23.4. The third-order valence-electron chi connectivity index (χ3n) is 3.63. The summed E-state index contributed by atoms with van der Waals surface area (Å²) in [5.74, 6) is -0.369. The third-order valence-corrected chi connectivity index (χ3v) is 4.85. The normalized spacial score (nSPS) is 26.1. The van der Waals surface area contributed by atoms with Crippen LogP contribution >= 0.6 is 27.5 Å². The number of carbonyl (C=O) groups is 1. The second kappa shape index (κ2) is 7.28. The summed E-state index contributed by atoms with van der Waals surface area (Å²) >= 11 is 8.94. The Labute approximate surface area is 155 Å². The number of fused-ring (bicyclic) bond motifs is 1. The van der Waals surface area contributed by atoms with Crippen LogP contribution in [0, 0.1) is 0 Å². The molecule has 12 heteroatoms. The molecule has 1 aliphatic heterocycles. The van der Waals surface area contributed by atoms with Crippen LogP contribution in [-0.4, -0.2) is 60.3 Å². The zero-order valence-electron chi connectivity index (χ0n) is 13.0. The molecule has 3 N–H and O–H groups in total. The summed E-state index contributed by atoms with van der Waals surface area (Å²) in [6.07, 6.45) is -0.611. The quantitative estimate of drug-likeness (QED) is 0.509. The molecule has 136 valence electrons. The van der Waals surface area contributed by atoms with Crippen molar-refractivity contribution in [3.8, 4) is 6.01 Å². The Morgan fingerprint density at radius 3 is 2.96 bits per heavy atom. The second-order valence-corrected chi connectivity index (χ2v) is 6.51. The molecule has 0 saturated carbocycles. The maximum absolute atomic E-state index is 11.4. The highest BCUT2D eigenvalue weighted by Gasteiger charge is 2.46. The molecule has 1 saturated heterocycles. The van der Waals surface area contributed by atoms with Gasteiger partial charge in [-0.2, -0.15) is 9.97 Å². The van der Waals surface area contributed by atoms with E-state index in [0.29, 0.717) is 11.2 Å². The summed E-state index contributed by atoms with van der Waals surface area (Å²) < 4.78 is 17.8. The lowest BCUT2D eigenvalue weighted by atomic mass is 10.2. The van der Waals surface area contributed by atoms with Crippen LogP contribution in [0.3, 0.4) is 0 Å². The van der Waals surface area contributed by atoms with E-state index in [1.165, 1.54) is 13.3 Å². The molecule has 0 unspecified atom stereocenters. The van der Waals surface area contributed by atoms with Crippen molar-refractivity contribution in [3.63, 3.8) is 0 Å². The van der Waals surface area contributed by atoms with Crippen molar-refractivity contribution in [1.82, 2.24) is 19.5 Å². The molecule has 3 rings (SSSR count). The molecule has 2 aromatic heterocycles. The Morgan fingerprint density at radius 1 is 1.56 bits per heavy atom. The number of aromatic nitrogens is 4. The molecule has 0 spiro atoms. The van der Waals surface area contributed by atoms with Crippen molar-refractivity contribution >= 4 is 50.5 Å². The van der Waals surface area contributed by atoms with E-state index in [1.807, 2.05) is 0 Å². The van der Waals surface area contributed by atoms with Gasteiger partial charge in [-0.3, -0.25) is 9.36 Å². The highest BCUT2D eigenvalue weighted by Crippen LogP contribution is 2.37. The number of halogens is 2. The SMILES string of the molecule is CC(=O)O[C@@H]1[C@H](Br)[C@@H](CO)O[C@H]1n1cnc2c(N)nc(OCCl)nc21. The molecule has 4 atom stereocenters. The van der Waals surface area contributed by atoms with Crippen LogP contribution < -0.4 is 10.5 Å². The Balaban J connectivity index is 2.05. The Hall–Kier alpha value is -1.69. The van der Waals surface area contributed by atoms with Crippen molar-refractivity contribution in [3.05, 3.63) is 6.33 Å². The van der Waals surface area contributed by atoms with Gasteiger partial charge in [-0.15, -0.1) is 0 Å². The smallest absolute Gasteiger partial charge is 0.321 e. The number of nitrogens with two attached hydrogens (primary N) is 1. The van der Waals surface area contributed by atoms with Gasteiger partial charge >= 0.3 is 12.0 Å². The first kappa shape index (κ1) is 18.1. The number of anilines is 1. The van der Waals surface area contributed by atoms with Gasteiger partial charge in [0.2, 0.25) is 0 Å². The fraction of sp³-hybridized carbons (Fsp3) is 0.538. The Morgan fingerprint density at radius 2 is 2.32 bits per heavy atom. The van der Waals surface area contributed by atoms with E-state index in [9.17, 15) is 9.90 Å². The van der Waals surface area contributed by atoms with Crippen LogP contribution in [0.5, 0.6) is 6.01 Å². The van der Waals surface area contributed by atoms with E-state index in [0.717, 1.165) is 0 Å². The van der Waals surface area contributed by atoms with Crippen LogP contribution in [-0.2, 0) is 14.3 Å². The topological polar surface area (TPSA) is 135 Å². The molecule has 2 aromatic rings. The van der Waals surface area contributed by atoms with E-state index in [2.05, 4.69) is 30.9 Å². The van der Waals surface area contributed by atoms with Gasteiger partial charge in [0.25, 0.3) is 0 Å². The number of ether oxygens (including phenoxy) is 3. The standard InChI is InChI=1S/C13H15BrClN5O5/c1-5(22)24-9-7(14)6(2-21)25-12(9)20-4-17-8-10(16)18-13(23-3-15)19-11(8)20/h4,6-7,9,12,21H,2-3H2,1H3,(H2,16,18,19)/t6-,7-,9-,12-/m1/s1. The van der Waals surface area contributed by atoms with Crippen molar-refractivity contribution in [2.45, 2.75) is 30.2 Å². The second-order valence-electron chi connectivity index (χ2n) is 5.24. The molecule has 3 heterocycles. The Bertz CT molecular complexity index is 790. The van der Waals surface area contributed by atoms with Crippen molar-refractivity contribution in [2.24, 2.45) is 0 Å². The van der Waals surface area contributed by atoms with Gasteiger partial charge in [0, 0.05) is 6.92 Å². The van der Waals surface area contributed by atoms with Gasteiger partial charge in [0.1, 0.15) is 0 Å². The molecule has 1 fully saturated rings. The lowest BCUT2D eigenvalue weighted by Gasteiger charge is -2.21. The van der Waals surface area contributed by atoms with Gasteiger partial charge < -0.3 is 25.1 Å².